The molecule has 0 bridgehead atoms. The molecule has 2 rings (SSSR count). The van der Waals surface area contributed by atoms with Crippen molar-refractivity contribution in [2.45, 2.75) is 20.1 Å². The molecule has 0 aliphatic carbocycles. The van der Waals surface area contributed by atoms with Crippen LogP contribution in [0.5, 0.6) is 0 Å². The number of nitro groups is 1. The number of pyridine rings is 1. The number of ether oxygens (including phenoxy) is 1. The van der Waals surface area contributed by atoms with Crippen LogP contribution in [-0.2, 0) is 17.9 Å². The highest BCUT2D eigenvalue weighted by atomic mass is 16.6. The van der Waals surface area contributed by atoms with Crippen LogP contribution in [0.4, 0.5) is 11.5 Å². The molecular weight excluding hydrogens is 270 g/mol. The Morgan fingerprint density at radius 2 is 2.00 bits per heavy atom. The van der Waals surface area contributed by atoms with Gasteiger partial charge in [-0.05, 0) is 24.1 Å². The Bertz CT molecular complexity index is 599. The number of rotatable bonds is 7. The lowest BCUT2D eigenvalue weighted by Crippen LogP contribution is -2.05. The molecule has 0 atom stereocenters. The molecule has 0 spiro atoms. The molecule has 0 aliphatic heterocycles. The van der Waals surface area contributed by atoms with E-state index in [1.807, 2.05) is 31.2 Å². The van der Waals surface area contributed by atoms with Crippen molar-refractivity contribution in [2.75, 3.05) is 11.9 Å². The Balaban J connectivity index is 2.00. The fourth-order valence-electron chi connectivity index (χ4n) is 1.87. The van der Waals surface area contributed by atoms with Crippen molar-refractivity contribution in [1.82, 2.24) is 4.98 Å². The van der Waals surface area contributed by atoms with Gasteiger partial charge in [-0.15, -0.1) is 0 Å². The summed E-state index contributed by atoms with van der Waals surface area (Å²) in [6, 6.07) is 11.0. The summed E-state index contributed by atoms with van der Waals surface area (Å²) in [5.41, 5.74) is 2.22. The summed E-state index contributed by atoms with van der Waals surface area (Å²) in [7, 11) is 0. The zero-order valence-corrected chi connectivity index (χ0v) is 11.8. The van der Waals surface area contributed by atoms with E-state index >= 15 is 0 Å². The van der Waals surface area contributed by atoms with E-state index in [1.54, 1.807) is 6.07 Å². The zero-order valence-electron chi connectivity index (χ0n) is 11.8. The van der Waals surface area contributed by atoms with Crippen LogP contribution in [0.3, 0.4) is 0 Å². The van der Waals surface area contributed by atoms with Gasteiger partial charge in [0.1, 0.15) is 12.0 Å². The largest absolute Gasteiger partial charge is 0.377 e. The maximum absolute atomic E-state index is 10.6. The molecule has 0 unspecified atom stereocenters. The minimum atomic E-state index is -0.464. The smallest absolute Gasteiger partial charge is 0.287 e. The molecule has 21 heavy (non-hydrogen) atoms. The van der Waals surface area contributed by atoms with Crippen molar-refractivity contribution in [3.8, 4) is 0 Å². The van der Waals surface area contributed by atoms with E-state index in [0.29, 0.717) is 25.6 Å². The first-order valence-electron chi connectivity index (χ1n) is 6.69. The summed E-state index contributed by atoms with van der Waals surface area (Å²) in [5.74, 6) is 0.604. The number of aromatic nitrogens is 1. The fourth-order valence-corrected chi connectivity index (χ4v) is 1.87. The molecular formula is C15H17N3O3. The Morgan fingerprint density at radius 3 is 2.62 bits per heavy atom. The van der Waals surface area contributed by atoms with Crippen LogP contribution in [0.25, 0.3) is 0 Å². The van der Waals surface area contributed by atoms with Gasteiger partial charge in [-0.3, -0.25) is 10.1 Å². The van der Waals surface area contributed by atoms with Gasteiger partial charge in [-0.2, -0.15) is 0 Å². The van der Waals surface area contributed by atoms with Gasteiger partial charge in [0, 0.05) is 19.2 Å². The normalized spacial score (nSPS) is 10.3. The summed E-state index contributed by atoms with van der Waals surface area (Å²) < 4.78 is 5.44. The van der Waals surface area contributed by atoms with Crippen LogP contribution >= 0.6 is 0 Å². The van der Waals surface area contributed by atoms with E-state index in [0.717, 1.165) is 11.1 Å². The number of anilines is 1. The topological polar surface area (TPSA) is 77.3 Å². The molecule has 6 heteroatoms. The summed E-state index contributed by atoms with van der Waals surface area (Å²) >= 11 is 0. The average molecular weight is 287 g/mol. The van der Waals surface area contributed by atoms with Crippen LogP contribution in [0, 0.1) is 10.1 Å². The third kappa shape index (κ3) is 4.25. The zero-order chi connectivity index (χ0) is 15.1. The third-order valence-electron chi connectivity index (χ3n) is 3.00. The lowest BCUT2D eigenvalue weighted by atomic mass is 10.1. The minimum Gasteiger partial charge on any atom is -0.377 e. The number of hydrogen-bond acceptors (Lipinski definition) is 5. The molecule has 0 saturated carbocycles. The first-order valence-corrected chi connectivity index (χ1v) is 6.69. The highest BCUT2D eigenvalue weighted by Gasteiger charge is 2.06. The number of nitrogens with zero attached hydrogens (tertiary/aromatic N) is 2. The molecule has 1 heterocycles. The molecule has 1 N–H and O–H groups in total. The van der Waals surface area contributed by atoms with Gasteiger partial charge in [0.05, 0.1) is 11.5 Å². The minimum absolute atomic E-state index is 0.0164. The van der Waals surface area contributed by atoms with E-state index in [1.165, 1.54) is 12.3 Å². The van der Waals surface area contributed by atoms with Crippen LogP contribution < -0.4 is 5.32 Å². The summed E-state index contributed by atoms with van der Waals surface area (Å²) in [4.78, 5) is 14.1. The monoisotopic (exact) mass is 287 g/mol. The molecule has 2 aromatic rings. The van der Waals surface area contributed by atoms with Crippen molar-refractivity contribution in [2.24, 2.45) is 0 Å². The van der Waals surface area contributed by atoms with Crippen LogP contribution in [-0.4, -0.2) is 16.5 Å². The van der Waals surface area contributed by atoms with E-state index in [2.05, 4.69) is 10.3 Å². The second-order valence-corrected chi connectivity index (χ2v) is 4.42. The van der Waals surface area contributed by atoms with Gasteiger partial charge in [0.2, 0.25) is 0 Å². The number of hydrogen-bond donors (Lipinski definition) is 1. The standard InChI is InChI=1S/C15H17N3O3/c1-2-21-11-13-6-4-3-5-12(13)9-16-15-8-7-14(10-17-15)18(19)20/h3-8,10H,2,9,11H2,1H3,(H,16,17). The fraction of sp³-hybridized carbons (Fsp3) is 0.267. The maximum atomic E-state index is 10.6. The lowest BCUT2D eigenvalue weighted by molar-refractivity contribution is -0.385. The number of benzene rings is 1. The highest BCUT2D eigenvalue weighted by molar-refractivity contribution is 5.41. The molecule has 110 valence electrons. The predicted molar refractivity (Wildman–Crippen MR) is 80.0 cm³/mol. The summed E-state index contributed by atoms with van der Waals surface area (Å²) in [6.45, 7) is 3.80. The Morgan fingerprint density at radius 1 is 1.24 bits per heavy atom. The molecule has 0 aliphatic rings. The predicted octanol–water partition coefficient (Wildman–Crippen LogP) is 3.14. The van der Waals surface area contributed by atoms with Crippen LogP contribution in [0.15, 0.2) is 42.6 Å². The quantitative estimate of drug-likeness (QED) is 0.625. The van der Waals surface area contributed by atoms with Crippen molar-refractivity contribution in [1.29, 1.82) is 0 Å². The van der Waals surface area contributed by atoms with Gasteiger partial charge in [-0.25, -0.2) is 4.98 Å². The molecule has 1 aromatic heterocycles. The Kier molecular flexibility index (Phi) is 5.22. The van der Waals surface area contributed by atoms with Crippen LogP contribution in [0.1, 0.15) is 18.1 Å². The molecule has 1 aromatic carbocycles. The Labute approximate surface area is 122 Å². The van der Waals surface area contributed by atoms with Gasteiger partial charge < -0.3 is 10.1 Å². The van der Waals surface area contributed by atoms with E-state index in [9.17, 15) is 10.1 Å². The highest BCUT2D eigenvalue weighted by Crippen LogP contribution is 2.15. The molecule has 6 nitrogen and oxygen atoms in total. The maximum Gasteiger partial charge on any atom is 0.287 e. The van der Waals surface area contributed by atoms with Crippen molar-refractivity contribution >= 4 is 11.5 Å². The SMILES string of the molecule is CCOCc1ccccc1CNc1ccc([N+](=O)[O-])cn1. The van der Waals surface area contributed by atoms with Gasteiger partial charge in [0.25, 0.3) is 5.69 Å². The second kappa shape index (κ2) is 7.35. The first-order chi connectivity index (χ1) is 10.2. The Hall–Kier alpha value is -2.47. The molecule has 0 fully saturated rings. The molecule has 0 amide bonds. The molecule has 0 saturated heterocycles. The van der Waals surface area contributed by atoms with E-state index in [4.69, 9.17) is 4.74 Å². The lowest BCUT2D eigenvalue weighted by Gasteiger charge is -2.11. The first kappa shape index (κ1) is 14.9. The van der Waals surface area contributed by atoms with Crippen LogP contribution in [0.2, 0.25) is 0 Å². The average Bonchev–Trinajstić information content (AvgIpc) is 2.52. The van der Waals surface area contributed by atoms with Crippen molar-refractivity contribution in [3.05, 3.63) is 63.8 Å². The summed E-state index contributed by atoms with van der Waals surface area (Å²) in [6.07, 6.45) is 1.24. The van der Waals surface area contributed by atoms with E-state index in [-0.39, 0.29) is 5.69 Å². The van der Waals surface area contributed by atoms with Crippen molar-refractivity contribution < 1.29 is 9.66 Å². The van der Waals surface area contributed by atoms with Gasteiger partial charge in [0.15, 0.2) is 0 Å². The van der Waals surface area contributed by atoms with Gasteiger partial charge >= 0.3 is 0 Å². The van der Waals surface area contributed by atoms with Gasteiger partial charge in [-0.1, -0.05) is 24.3 Å². The number of nitrogens with one attached hydrogen (secondary N) is 1. The van der Waals surface area contributed by atoms with E-state index < -0.39 is 4.92 Å². The summed E-state index contributed by atoms with van der Waals surface area (Å²) in [5, 5.41) is 13.7. The second-order valence-electron chi connectivity index (χ2n) is 4.42. The van der Waals surface area contributed by atoms with Crippen molar-refractivity contribution in [3.63, 3.8) is 0 Å². The third-order valence-corrected chi connectivity index (χ3v) is 3.00. The molecule has 0 radical (unpaired) electrons.